The molecule has 21 heavy (non-hydrogen) atoms. The average molecular weight is 292 g/mol. The number of ether oxygens (including phenoxy) is 1. The van der Waals surface area contributed by atoms with E-state index in [2.05, 4.69) is 5.32 Å². The van der Waals surface area contributed by atoms with Crippen molar-refractivity contribution in [1.29, 1.82) is 0 Å². The lowest BCUT2D eigenvalue weighted by atomic mass is 9.93. The molecule has 5 heteroatoms. The van der Waals surface area contributed by atoms with E-state index in [1.807, 2.05) is 17.9 Å². The molecule has 2 amide bonds. The number of likely N-dealkylation sites (N-methyl/N-ethyl adjacent to an activating group) is 1. The quantitative estimate of drug-likeness (QED) is 0.928. The molecule has 0 aromatic carbocycles. The predicted molar refractivity (Wildman–Crippen MR) is 79.1 cm³/mol. The van der Waals surface area contributed by atoms with Crippen LogP contribution in [0.15, 0.2) is 16.7 Å². The van der Waals surface area contributed by atoms with Crippen LogP contribution in [-0.4, -0.2) is 36.7 Å². The van der Waals surface area contributed by atoms with Crippen LogP contribution < -0.4 is 5.32 Å². The number of nitrogens with zero attached hydrogens (tertiary/aromatic N) is 1. The summed E-state index contributed by atoms with van der Waals surface area (Å²) in [5, 5.41) is 3.16. The summed E-state index contributed by atoms with van der Waals surface area (Å²) in [4.78, 5) is 14.3. The smallest absolute Gasteiger partial charge is 0.317 e. The first-order valence-electron chi connectivity index (χ1n) is 8.01. The molecule has 0 bridgehead atoms. The Labute approximate surface area is 125 Å². The average Bonchev–Trinajstić information content (AvgIpc) is 3.16. The number of carbonyl (C=O) groups is 1. The largest absolute Gasteiger partial charge is 0.469 e. The third kappa shape index (κ3) is 3.23. The van der Waals surface area contributed by atoms with E-state index in [9.17, 15) is 4.79 Å². The van der Waals surface area contributed by atoms with E-state index >= 15 is 0 Å². The van der Waals surface area contributed by atoms with Crippen LogP contribution in [0, 0.1) is 0 Å². The fourth-order valence-electron chi connectivity index (χ4n) is 3.27. The van der Waals surface area contributed by atoms with E-state index in [1.165, 1.54) is 0 Å². The summed E-state index contributed by atoms with van der Waals surface area (Å²) in [7, 11) is 0. The minimum absolute atomic E-state index is 0.00653. The van der Waals surface area contributed by atoms with Crippen LogP contribution in [-0.2, 0) is 11.2 Å². The van der Waals surface area contributed by atoms with E-state index in [-0.39, 0.29) is 18.2 Å². The highest BCUT2D eigenvalue weighted by Gasteiger charge is 2.27. The van der Waals surface area contributed by atoms with Gasteiger partial charge in [0.15, 0.2) is 0 Å². The Morgan fingerprint density at radius 3 is 3.10 bits per heavy atom. The molecule has 0 radical (unpaired) electrons. The van der Waals surface area contributed by atoms with Crippen molar-refractivity contribution in [3.05, 3.63) is 23.7 Å². The summed E-state index contributed by atoms with van der Waals surface area (Å²) in [6.07, 6.45) is 7.09. The van der Waals surface area contributed by atoms with Gasteiger partial charge >= 0.3 is 6.03 Å². The van der Waals surface area contributed by atoms with Crippen molar-refractivity contribution in [3.63, 3.8) is 0 Å². The number of carbonyl (C=O) groups excluding carboxylic acids is 1. The summed E-state index contributed by atoms with van der Waals surface area (Å²) < 4.78 is 11.1. The molecule has 0 spiro atoms. The Bertz CT molecular complexity index is 480. The van der Waals surface area contributed by atoms with Gasteiger partial charge in [-0.15, -0.1) is 0 Å². The second-order valence-electron chi connectivity index (χ2n) is 5.87. The highest BCUT2D eigenvalue weighted by molar-refractivity contribution is 5.74. The molecule has 1 N–H and O–H groups in total. The minimum atomic E-state index is 0.00653. The summed E-state index contributed by atoms with van der Waals surface area (Å²) in [6, 6.07) is 2.07. The van der Waals surface area contributed by atoms with Crippen molar-refractivity contribution in [2.75, 3.05) is 19.7 Å². The lowest BCUT2D eigenvalue weighted by molar-refractivity contribution is 0.0819. The Balaban J connectivity index is 1.60. The molecule has 1 aliphatic heterocycles. The Hall–Kier alpha value is -1.49. The number of aryl methyl sites for hydroxylation is 1. The zero-order valence-corrected chi connectivity index (χ0v) is 12.6. The van der Waals surface area contributed by atoms with Gasteiger partial charge in [-0.05, 0) is 38.7 Å². The van der Waals surface area contributed by atoms with Gasteiger partial charge in [-0.2, -0.15) is 0 Å². The molecule has 1 saturated heterocycles. The van der Waals surface area contributed by atoms with E-state index in [4.69, 9.17) is 9.15 Å². The Morgan fingerprint density at radius 1 is 1.43 bits per heavy atom. The number of hydrogen-bond donors (Lipinski definition) is 1. The second kappa shape index (κ2) is 6.52. The number of urea groups is 1. The molecular formula is C16H24N2O3. The molecule has 5 nitrogen and oxygen atoms in total. The van der Waals surface area contributed by atoms with Crippen molar-refractivity contribution in [2.24, 2.45) is 0 Å². The molecule has 2 atom stereocenters. The van der Waals surface area contributed by atoms with Crippen molar-refractivity contribution in [2.45, 2.75) is 51.2 Å². The number of fused-ring (bicyclic) bond motifs is 1. The van der Waals surface area contributed by atoms with Crippen molar-refractivity contribution in [3.8, 4) is 0 Å². The van der Waals surface area contributed by atoms with E-state index in [0.29, 0.717) is 13.1 Å². The highest BCUT2D eigenvalue weighted by atomic mass is 16.5. The maximum absolute atomic E-state index is 12.5. The monoisotopic (exact) mass is 292 g/mol. The normalized spacial score (nSPS) is 24.6. The molecule has 0 saturated carbocycles. The van der Waals surface area contributed by atoms with Crippen molar-refractivity contribution in [1.82, 2.24) is 10.2 Å². The summed E-state index contributed by atoms with van der Waals surface area (Å²) >= 11 is 0. The van der Waals surface area contributed by atoms with Crippen molar-refractivity contribution < 1.29 is 13.9 Å². The third-order valence-electron chi connectivity index (χ3n) is 4.47. The maximum Gasteiger partial charge on any atom is 0.317 e. The number of amides is 2. The molecule has 1 fully saturated rings. The first-order chi connectivity index (χ1) is 10.3. The van der Waals surface area contributed by atoms with Gasteiger partial charge in [-0.1, -0.05) is 0 Å². The second-order valence-corrected chi connectivity index (χ2v) is 5.87. The molecule has 1 aromatic heterocycles. The molecule has 3 rings (SSSR count). The van der Waals surface area contributed by atoms with Gasteiger partial charge in [-0.25, -0.2) is 4.79 Å². The van der Waals surface area contributed by atoms with E-state index in [0.717, 1.165) is 50.0 Å². The Morgan fingerprint density at radius 2 is 2.33 bits per heavy atom. The van der Waals surface area contributed by atoms with Crippen LogP contribution >= 0.6 is 0 Å². The van der Waals surface area contributed by atoms with Gasteiger partial charge in [0, 0.05) is 31.7 Å². The van der Waals surface area contributed by atoms with Crippen LogP contribution in [0.2, 0.25) is 0 Å². The summed E-state index contributed by atoms with van der Waals surface area (Å²) in [5.74, 6) is 1.02. The Kier molecular flexibility index (Phi) is 4.48. The van der Waals surface area contributed by atoms with E-state index in [1.54, 1.807) is 6.26 Å². The van der Waals surface area contributed by atoms with Crippen LogP contribution in [0.1, 0.15) is 50.0 Å². The fourth-order valence-corrected chi connectivity index (χ4v) is 3.27. The number of hydrogen-bond acceptors (Lipinski definition) is 3. The van der Waals surface area contributed by atoms with Crippen LogP contribution in [0.5, 0.6) is 0 Å². The van der Waals surface area contributed by atoms with Crippen molar-refractivity contribution >= 4 is 6.03 Å². The predicted octanol–water partition coefficient (Wildman–Crippen LogP) is 2.87. The molecule has 1 aliphatic carbocycles. The third-order valence-corrected chi connectivity index (χ3v) is 4.47. The standard InChI is InChI=1S/C16H24N2O3/c1-2-18(11-12-5-4-9-20-12)16(19)17-14-6-3-7-15-13(14)8-10-21-15/h8,10,12,14H,2-7,9,11H2,1H3,(H,17,19)/t12-,14-/m1/s1. The number of nitrogens with one attached hydrogen (secondary N) is 1. The van der Waals surface area contributed by atoms with Gasteiger partial charge in [-0.3, -0.25) is 0 Å². The lowest BCUT2D eigenvalue weighted by Gasteiger charge is -2.28. The van der Waals surface area contributed by atoms with Crippen LogP contribution in [0.25, 0.3) is 0 Å². The van der Waals surface area contributed by atoms with Crippen LogP contribution in [0.4, 0.5) is 4.79 Å². The molecule has 2 aliphatic rings. The minimum Gasteiger partial charge on any atom is -0.469 e. The molecular weight excluding hydrogens is 268 g/mol. The zero-order valence-electron chi connectivity index (χ0n) is 12.6. The maximum atomic E-state index is 12.5. The van der Waals surface area contributed by atoms with Gasteiger partial charge < -0.3 is 19.4 Å². The zero-order chi connectivity index (χ0) is 14.7. The summed E-state index contributed by atoms with van der Waals surface area (Å²) in [6.45, 7) is 4.23. The van der Waals surface area contributed by atoms with E-state index < -0.39 is 0 Å². The van der Waals surface area contributed by atoms with Gasteiger partial charge in [0.25, 0.3) is 0 Å². The highest BCUT2D eigenvalue weighted by Crippen LogP contribution is 2.30. The van der Waals surface area contributed by atoms with Gasteiger partial charge in [0.2, 0.25) is 0 Å². The number of furan rings is 1. The molecule has 2 heterocycles. The van der Waals surface area contributed by atoms with Gasteiger partial charge in [0.1, 0.15) is 5.76 Å². The number of rotatable bonds is 4. The molecule has 0 unspecified atom stereocenters. The lowest BCUT2D eigenvalue weighted by Crippen LogP contribution is -2.45. The van der Waals surface area contributed by atoms with Gasteiger partial charge in [0.05, 0.1) is 18.4 Å². The first kappa shape index (κ1) is 14.4. The first-order valence-corrected chi connectivity index (χ1v) is 8.01. The molecule has 116 valence electrons. The molecule has 1 aromatic rings. The summed E-state index contributed by atoms with van der Waals surface area (Å²) in [5.41, 5.74) is 1.14. The van der Waals surface area contributed by atoms with Crippen LogP contribution in [0.3, 0.4) is 0 Å². The fraction of sp³-hybridized carbons (Fsp3) is 0.688. The topological polar surface area (TPSA) is 54.7 Å². The SMILES string of the molecule is CCN(C[C@H]1CCCO1)C(=O)N[C@@H]1CCCc2occc21.